The van der Waals surface area contributed by atoms with E-state index in [2.05, 4.69) is 0 Å². The van der Waals surface area contributed by atoms with Crippen molar-refractivity contribution in [3.8, 4) is 0 Å². The van der Waals surface area contributed by atoms with Crippen LogP contribution in [-0.4, -0.2) is 50.8 Å². The molecular formula is C12H17NO4S. The number of carbonyl (C=O) groups excluding carboxylic acids is 1. The number of aliphatic hydroxyl groups is 1. The Morgan fingerprint density at radius 2 is 1.83 bits per heavy atom. The molecule has 0 aliphatic rings. The Balaban J connectivity index is 2.80. The fourth-order valence-corrected chi connectivity index (χ4v) is 2.32. The first-order valence-corrected chi connectivity index (χ1v) is 7.52. The summed E-state index contributed by atoms with van der Waals surface area (Å²) in [6, 6.07) is 6.44. The Bertz CT molecular complexity index is 507. The van der Waals surface area contributed by atoms with Crippen LogP contribution in [0.3, 0.4) is 0 Å². The molecular weight excluding hydrogens is 254 g/mol. The van der Waals surface area contributed by atoms with E-state index in [1.807, 2.05) is 0 Å². The molecule has 0 radical (unpaired) electrons. The van der Waals surface area contributed by atoms with Gasteiger partial charge in [-0.15, -0.1) is 0 Å². The molecule has 6 heteroatoms. The van der Waals surface area contributed by atoms with Crippen molar-refractivity contribution in [2.45, 2.75) is 5.75 Å². The molecule has 0 heterocycles. The van der Waals surface area contributed by atoms with Crippen LogP contribution in [0.1, 0.15) is 15.9 Å². The Hall–Kier alpha value is -1.40. The van der Waals surface area contributed by atoms with E-state index in [4.69, 9.17) is 5.11 Å². The number of likely N-dealkylation sites (N-methyl/N-ethyl adjacent to an activating group) is 1. The third kappa shape index (κ3) is 4.46. The zero-order chi connectivity index (χ0) is 13.8. The summed E-state index contributed by atoms with van der Waals surface area (Å²) >= 11 is 0. The van der Waals surface area contributed by atoms with Crippen LogP contribution in [0.15, 0.2) is 24.3 Å². The molecule has 1 aromatic rings. The minimum absolute atomic E-state index is 0.0338. The van der Waals surface area contributed by atoms with E-state index in [9.17, 15) is 13.2 Å². The minimum atomic E-state index is -3.06. The summed E-state index contributed by atoms with van der Waals surface area (Å²) in [6.45, 7) is 0.179. The minimum Gasteiger partial charge on any atom is -0.395 e. The van der Waals surface area contributed by atoms with Crippen molar-refractivity contribution < 1.29 is 18.3 Å². The van der Waals surface area contributed by atoms with Gasteiger partial charge in [-0.05, 0) is 17.7 Å². The average molecular weight is 271 g/mol. The van der Waals surface area contributed by atoms with E-state index in [1.54, 1.807) is 31.3 Å². The number of hydrogen-bond acceptors (Lipinski definition) is 4. The second-order valence-electron chi connectivity index (χ2n) is 4.22. The van der Waals surface area contributed by atoms with Crippen LogP contribution >= 0.6 is 0 Å². The lowest BCUT2D eigenvalue weighted by Gasteiger charge is -2.15. The Morgan fingerprint density at radius 1 is 1.28 bits per heavy atom. The third-order valence-electron chi connectivity index (χ3n) is 2.41. The van der Waals surface area contributed by atoms with Gasteiger partial charge in [-0.3, -0.25) is 4.79 Å². The zero-order valence-corrected chi connectivity index (χ0v) is 11.3. The van der Waals surface area contributed by atoms with Crippen molar-refractivity contribution in [3.05, 3.63) is 35.4 Å². The van der Waals surface area contributed by atoms with Crippen LogP contribution in [0.2, 0.25) is 0 Å². The first kappa shape index (κ1) is 14.7. The van der Waals surface area contributed by atoms with Gasteiger partial charge in [0.15, 0.2) is 9.84 Å². The lowest BCUT2D eigenvalue weighted by molar-refractivity contribution is 0.0767. The summed E-state index contributed by atoms with van der Waals surface area (Å²) in [5.74, 6) is -0.233. The van der Waals surface area contributed by atoms with E-state index in [-0.39, 0.29) is 24.8 Å². The number of hydrogen-bond donors (Lipinski definition) is 1. The smallest absolute Gasteiger partial charge is 0.253 e. The maximum absolute atomic E-state index is 11.8. The van der Waals surface area contributed by atoms with Crippen LogP contribution in [0.25, 0.3) is 0 Å². The van der Waals surface area contributed by atoms with Crippen LogP contribution in [0.4, 0.5) is 0 Å². The summed E-state index contributed by atoms with van der Waals surface area (Å²) in [7, 11) is -1.46. The number of sulfone groups is 1. The van der Waals surface area contributed by atoms with Crippen molar-refractivity contribution in [2.24, 2.45) is 0 Å². The van der Waals surface area contributed by atoms with Gasteiger partial charge in [-0.1, -0.05) is 12.1 Å². The van der Waals surface area contributed by atoms with Gasteiger partial charge in [-0.25, -0.2) is 8.42 Å². The molecule has 0 saturated heterocycles. The van der Waals surface area contributed by atoms with Gasteiger partial charge in [0.05, 0.1) is 12.4 Å². The number of amides is 1. The Labute approximate surface area is 107 Å². The van der Waals surface area contributed by atoms with Gasteiger partial charge < -0.3 is 10.0 Å². The molecule has 0 saturated carbocycles. The molecule has 100 valence electrons. The Morgan fingerprint density at radius 3 is 2.28 bits per heavy atom. The third-order valence-corrected chi connectivity index (χ3v) is 3.27. The molecule has 0 spiro atoms. The monoisotopic (exact) mass is 271 g/mol. The van der Waals surface area contributed by atoms with Crippen LogP contribution in [0.5, 0.6) is 0 Å². The molecule has 0 bridgehead atoms. The highest BCUT2D eigenvalue weighted by molar-refractivity contribution is 7.89. The lowest BCUT2D eigenvalue weighted by Crippen LogP contribution is -2.29. The number of carbonyl (C=O) groups is 1. The number of rotatable bonds is 5. The number of aliphatic hydroxyl groups excluding tert-OH is 1. The van der Waals surface area contributed by atoms with Gasteiger partial charge in [0.1, 0.15) is 0 Å². The van der Waals surface area contributed by atoms with Gasteiger partial charge >= 0.3 is 0 Å². The van der Waals surface area contributed by atoms with E-state index < -0.39 is 9.84 Å². The van der Waals surface area contributed by atoms with E-state index >= 15 is 0 Å². The fraction of sp³-hybridized carbons (Fsp3) is 0.417. The molecule has 18 heavy (non-hydrogen) atoms. The SMILES string of the molecule is CN(CCO)C(=O)c1ccc(CS(C)(=O)=O)cc1. The normalized spacial score (nSPS) is 11.3. The van der Waals surface area contributed by atoms with Crippen molar-refractivity contribution >= 4 is 15.7 Å². The molecule has 0 atom stereocenters. The maximum atomic E-state index is 11.8. The Kier molecular flexibility index (Phi) is 4.86. The summed E-state index contributed by atoms with van der Waals surface area (Å²) < 4.78 is 22.2. The predicted molar refractivity (Wildman–Crippen MR) is 69.0 cm³/mol. The lowest BCUT2D eigenvalue weighted by atomic mass is 10.1. The molecule has 1 rings (SSSR count). The van der Waals surface area contributed by atoms with Gasteiger partial charge in [0.25, 0.3) is 5.91 Å². The van der Waals surface area contributed by atoms with E-state index in [0.717, 1.165) is 0 Å². The molecule has 1 amide bonds. The summed E-state index contributed by atoms with van der Waals surface area (Å²) in [4.78, 5) is 13.2. The highest BCUT2D eigenvalue weighted by Gasteiger charge is 2.11. The highest BCUT2D eigenvalue weighted by Crippen LogP contribution is 2.09. The van der Waals surface area contributed by atoms with Gasteiger partial charge in [0.2, 0.25) is 0 Å². The van der Waals surface area contributed by atoms with Crippen molar-refractivity contribution in [1.82, 2.24) is 4.90 Å². The summed E-state index contributed by atoms with van der Waals surface area (Å²) in [6.07, 6.45) is 1.17. The summed E-state index contributed by atoms with van der Waals surface area (Å²) in [5.41, 5.74) is 1.13. The molecule has 1 aromatic carbocycles. The predicted octanol–water partition coefficient (Wildman–Crippen LogP) is 0.296. The average Bonchev–Trinajstić information content (AvgIpc) is 2.27. The van der Waals surface area contributed by atoms with Gasteiger partial charge in [-0.2, -0.15) is 0 Å². The van der Waals surface area contributed by atoms with Crippen molar-refractivity contribution in [3.63, 3.8) is 0 Å². The largest absolute Gasteiger partial charge is 0.395 e. The summed E-state index contributed by atoms with van der Waals surface area (Å²) in [5, 5.41) is 8.74. The van der Waals surface area contributed by atoms with E-state index in [1.165, 1.54) is 11.2 Å². The van der Waals surface area contributed by atoms with Gasteiger partial charge in [0, 0.05) is 25.4 Å². The number of benzene rings is 1. The standard InChI is InChI=1S/C12H17NO4S/c1-13(7-8-14)12(15)11-5-3-10(4-6-11)9-18(2,16)17/h3-6,14H,7-9H2,1-2H3. The van der Waals surface area contributed by atoms with E-state index in [0.29, 0.717) is 11.1 Å². The second-order valence-corrected chi connectivity index (χ2v) is 6.36. The molecule has 0 aromatic heterocycles. The number of nitrogens with zero attached hydrogens (tertiary/aromatic N) is 1. The van der Waals surface area contributed by atoms with Crippen molar-refractivity contribution in [2.75, 3.05) is 26.5 Å². The van der Waals surface area contributed by atoms with Crippen LogP contribution in [-0.2, 0) is 15.6 Å². The first-order chi connectivity index (χ1) is 8.33. The molecule has 0 aliphatic carbocycles. The molecule has 0 fully saturated rings. The second kappa shape index (κ2) is 5.97. The fourth-order valence-electron chi connectivity index (χ4n) is 1.52. The maximum Gasteiger partial charge on any atom is 0.253 e. The van der Waals surface area contributed by atoms with Crippen LogP contribution < -0.4 is 0 Å². The molecule has 0 unspecified atom stereocenters. The quantitative estimate of drug-likeness (QED) is 0.835. The zero-order valence-electron chi connectivity index (χ0n) is 10.5. The molecule has 0 aliphatic heterocycles. The topological polar surface area (TPSA) is 74.7 Å². The van der Waals surface area contributed by atoms with Crippen LogP contribution in [0, 0.1) is 0 Å². The highest BCUT2D eigenvalue weighted by atomic mass is 32.2. The molecule has 1 N–H and O–H groups in total. The van der Waals surface area contributed by atoms with Crippen molar-refractivity contribution in [1.29, 1.82) is 0 Å². The molecule has 5 nitrogen and oxygen atoms in total. The first-order valence-electron chi connectivity index (χ1n) is 5.46.